The van der Waals surface area contributed by atoms with Gasteiger partial charge in [0.15, 0.2) is 0 Å². The maximum Gasteiger partial charge on any atom is 0.209 e. The molecule has 0 saturated carbocycles. The zero-order valence-corrected chi connectivity index (χ0v) is 9.74. The van der Waals surface area contributed by atoms with Crippen molar-refractivity contribution in [2.45, 2.75) is 24.4 Å². The maximum absolute atomic E-state index is 5.67. The summed E-state index contributed by atoms with van der Waals surface area (Å²) in [5.74, 6) is -0.549. The first-order valence-electron chi connectivity index (χ1n) is 4.31. The van der Waals surface area contributed by atoms with Crippen LogP contribution in [0.15, 0.2) is 12.7 Å². The van der Waals surface area contributed by atoms with E-state index in [1.165, 1.54) is 0 Å². The van der Waals surface area contributed by atoms with Crippen molar-refractivity contribution in [1.82, 2.24) is 0 Å². The highest BCUT2D eigenvalue weighted by Crippen LogP contribution is 2.54. The molecule has 0 amide bonds. The predicted octanol–water partition coefficient (Wildman–Crippen LogP) is 1.51. The van der Waals surface area contributed by atoms with Gasteiger partial charge in [-0.3, -0.25) is 0 Å². The second-order valence-corrected chi connectivity index (χ2v) is 4.27. The molecule has 0 unspecified atom stereocenters. The van der Waals surface area contributed by atoms with Crippen LogP contribution in [0.4, 0.5) is 0 Å². The summed E-state index contributed by atoms with van der Waals surface area (Å²) in [6.45, 7) is 6.83. The number of hydrogen-bond donors (Lipinski definition) is 0. The Morgan fingerprint density at radius 1 is 1.77 bits per heavy atom. The van der Waals surface area contributed by atoms with E-state index >= 15 is 0 Å². The molecule has 0 bridgehead atoms. The van der Waals surface area contributed by atoms with Gasteiger partial charge < -0.3 is 14.2 Å². The van der Waals surface area contributed by atoms with Crippen molar-refractivity contribution < 1.29 is 14.2 Å². The Balaban J connectivity index is 2.10. The summed E-state index contributed by atoms with van der Waals surface area (Å²) in [5.41, 5.74) is -0.225. The van der Waals surface area contributed by atoms with Crippen LogP contribution < -0.4 is 0 Å². The van der Waals surface area contributed by atoms with Crippen molar-refractivity contribution in [3.8, 4) is 0 Å². The highest BCUT2D eigenvalue weighted by atomic mass is 127. The van der Waals surface area contributed by atoms with Crippen LogP contribution in [0.2, 0.25) is 0 Å². The van der Waals surface area contributed by atoms with Crippen LogP contribution in [-0.4, -0.2) is 35.1 Å². The summed E-state index contributed by atoms with van der Waals surface area (Å²) < 4.78 is 17.7. The molecule has 0 aromatic carbocycles. The van der Waals surface area contributed by atoms with Crippen molar-refractivity contribution >= 4 is 22.6 Å². The highest BCUT2D eigenvalue weighted by molar-refractivity contribution is 14.1. The van der Waals surface area contributed by atoms with Crippen molar-refractivity contribution in [2.24, 2.45) is 0 Å². The minimum atomic E-state index is -0.549. The van der Waals surface area contributed by atoms with Crippen molar-refractivity contribution in [2.75, 3.05) is 17.6 Å². The minimum absolute atomic E-state index is 0.225. The third kappa shape index (κ3) is 1.26. The molecule has 2 saturated heterocycles. The molecule has 0 N–H and O–H groups in total. The van der Waals surface area contributed by atoms with Gasteiger partial charge in [-0.15, -0.1) is 6.58 Å². The van der Waals surface area contributed by atoms with Gasteiger partial charge in [-0.2, -0.15) is 0 Å². The highest BCUT2D eigenvalue weighted by Gasteiger charge is 2.72. The molecule has 74 valence electrons. The van der Waals surface area contributed by atoms with E-state index in [1.807, 2.05) is 6.92 Å². The van der Waals surface area contributed by atoms with E-state index in [0.29, 0.717) is 13.2 Å². The third-order valence-corrected chi connectivity index (χ3v) is 3.78. The van der Waals surface area contributed by atoms with Gasteiger partial charge in [0.05, 0.1) is 17.6 Å². The fourth-order valence-electron chi connectivity index (χ4n) is 1.73. The van der Waals surface area contributed by atoms with Crippen LogP contribution >= 0.6 is 22.6 Å². The van der Waals surface area contributed by atoms with Crippen LogP contribution in [0.25, 0.3) is 0 Å². The zero-order chi connectivity index (χ0) is 9.53. The average molecular weight is 296 g/mol. The van der Waals surface area contributed by atoms with E-state index in [4.69, 9.17) is 14.2 Å². The van der Waals surface area contributed by atoms with E-state index in [9.17, 15) is 0 Å². The molecule has 0 aromatic heterocycles. The third-order valence-electron chi connectivity index (χ3n) is 2.78. The fraction of sp³-hybridized carbons (Fsp3) is 0.778. The van der Waals surface area contributed by atoms with E-state index in [1.54, 1.807) is 6.08 Å². The van der Waals surface area contributed by atoms with Crippen LogP contribution in [0.5, 0.6) is 0 Å². The molecule has 0 aliphatic carbocycles. The number of rotatable bonds is 4. The summed E-state index contributed by atoms with van der Waals surface area (Å²) in [5, 5.41) is 0. The Hall–Kier alpha value is 0.350. The van der Waals surface area contributed by atoms with Gasteiger partial charge in [-0.1, -0.05) is 28.7 Å². The molecule has 4 heteroatoms. The first-order chi connectivity index (χ1) is 6.18. The van der Waals surface area contributed by atoms with E-state index < -0.39 is 5.79 Å². The second kappa shape index (κ2) is 3.18. The molecule has 2 fully saturated rings. The molecule has 0 radical (unpaired) electrons. The Labute approximate surface area is 91.6 Å². The lowest BCUT2D eigenvalue weighted by Crippen LogP contribution is -2.47. The van der Waals surface area contributed by atoms with E-state index in [0.717, 1.165) is 4.43 Å². The molecule has 0 aromatic rings. The quantitative estimate of drug-likeness (QED) is 0.341. The van der Waals surface area contributed by atoms with Crippen LogP contribution in [0.1, 0.15) is 6.92 Å². The Bertz CT molecular complexity index is 231. The second-order valence-electron chi connectivity index (χ2n) is 3.51. The van der Waals surface area contributed by atoms with Gasteiger partial charge >= 0.3 is 0 Å². The van der Waals surface area contributed by atoms with Gasteiger partial charge in [0.2, 0.25) is 5.79 Å². The number of fused-ring (bicyclic) bond motifs is 1. The normalized spacial score (nSPS) is 47.4. The van der Waals surface area contributed by atoms with Crippen LogP contribution in [0.3, 0.4) is 0 Å². The Morgan fingerprint density at radius 2 is 2.54 bits per heavy atom. The monoisotopic (exact) mass is 296 g/mol. The lowest BCUT2D eigenvalue weighted by atomic mass is 10.0. The number of alkyl halides is 1. The molecule has 2 rings (SSSR count). The number of ether oxygens (including phenoxy) is 3. The smallest absolute Gasteiger partial charge is 0.209 e. The topological polar surface area (TPSA) is 31.0 Å². The zero-order valence-electron chi connectivity index (χ0n) is 7.59. The molecule has 3 nitrogen and oxygen atoms in total. The van der Waals surface area contributed by atoms with Gasteiger partial charge in [0, 0.05) is 0 Å². The predicted molar refractivity (Wildman–Crippen MR) is 57.0 cm³/mol. The SMILES string of the molecule is C=CCO[C@@]1(CI)OC[C@@H]2O[C@@]21C. The fourth-order valence-corrected chi connectivity index (χ4v) is 2.93. The van der Waals surface area contributed by atoms with Crippen molar-refractivity contribution in [1.29, 1.82) is 0 Å². The first-order valence-corrected chi connectivity index (χ1v) is 5.84. The van der Waals surface area contributed by atoms with Gasteiger partial charge in [-0.25, -0.2) is 0 Å². The molecule has 2 heterocycles. The molecule has 2 aliphatic rings. The largest absolute Gasteiger partial charge is 0.358 e. The summed E-state index contributed by atoms with van der Waals surface area (Å²) >= 11 is 2.27. The summed E-state index contributed by atoms with van der Waals surface area (Å²) in [7, 11) is 0. The number of halogens is 1. The van der Waals surface area contributed by atoms with E-state index in [-0.39, 0.29) is 11.7 Å². The van der Waals surface area contributed by atoms with Gasteiger partial charge in [-0.05, 0) is 6.92 Å². The molecule has 3 atom stereocenters. The number of hydrogen-bond acceptors (Lipinski definition) is 3. The van der Waals surface area contributed by atoms with E-state index in [2.05, 4.69) is 29.2 Å². The Morgan fingerprint density at radius 3 is 2.92 bits per heavy atom. The lowest BCUT2D eigenvalue weighted by molar-refractivity contribution is -0.236. The summed E-state index contributed by atoms with van der Waals surface area (Å²) in [6.07, 6.45) is 1.96. The average Bonchev–Trinajstić information content (AvgIpc) is 2.73. The Kier molecular flexibility index (Phi) is 2.42. The van der Waals surface area contributed by atoms with Gasteiger partial charge in [0.25, 0.3) is 0 Å². The lowest BCUT2D eigenvalue weighted by Gasteiger charge is -2.31. The van der Waals surface area contributed by atoms with Crippen LogP contribution in [-0.2, 0) is 14.2 Å². The molecule has 13 heavy (non-hydrogen) atoms. The molecule has 0 spiro atoms. The first kappa shape index (κ1) is 9.89. The molecular formula is C9H13IO3. The molecular weight excluding hydrogens is 283 g/mol. The molecule has 2 aliphatic heterocycles. The van der Waals surface area contributed by atoms with Crippen molar-refractivity contribution in [3.63, 3.8) is 0 Å². The van der Waals surface area contributed by atoms with Crippen LogP contribution in [0, 0.1) is 0 Å². The van der Waals surface area contributed by atoms with Gasteiger partial charge in [0.1, 0.15) is 11.7 Å². The number of epoxide rings is 1. The minimum Gasteiger partial charge on any atom is -0.358 e. The standard InChI is InChI=1S/C9H13IO3/c1-3-4-11-9(6-10)8(2)7(13-8)5-12-9/h3,7H,1,4-6H2,2H3/t7-,8-,9-/m0/s1. The summed E-state index contributed by atoms with van der Waals surface area (Å²) in [4.78, 5) is 0. The summed E-state index contributed by atoms with van der Waals surface area (Å²) in [6, 6.07) is 0. The van der Waals surface area contributed by atoms with Crippen molar-refractivity contribution in [3.05, 3.63) is 12.7 Å². The maximum atomic E-state index is 5.67.